The van der Waals surface area contributed by atoms with E-state index in [1.54, 1.807) is 31.2 Å². The Morgan fingerprint density at radius 2 is 2.11 bits per heavy atom. The van der Waals surface area contributed by atoms with Crippen LogP contribution in [0.15, 0.2) is 35.4 Å². The maximum atomic E-state index is 11.0. The Hall–Kier alpha value is -2.90. The molecule has 1 atom stereocenters. The van der Waals surface area contributed by atoms with E-state index in [1.165, 1.54) is 30.4 Å². The maximum Gasteiger partial charge on any atom is 0.235 e. The van der Waals surface area contributed by atoms with E-state index >= 15 is 0 Å². The van der Waals surface area contributed by atoms with Gasteiger partial charge in [-0.15, -0.1) is 0 Å². The highest BCUT2D eigenvalue weighted by molar-refractivity contribution is 7.80. The molecule has 0 aliphatic rings. The highest BCUT2D eigenvalue weighted by Crippen LogP contribution is 2.23. The third kappa shape index (κ3) is 6.37. The van der Waals surface area contributed by atoms with Crippen LogP contribution in [0.2, 0.25) is 0 Å². The summed E-state index contributed by atoms with van der Waals surface area (Å²) in [6.45, 7) is 3.18. The summed E-state index contributed by atoms with van der Waals surface area (Å²) in [5.41, 5.74) is 15.4. The number of carbonyl (C=O) groups is 1. The van der Waals surface area contributed by atoms with Gasteiger partial charge < -0.3 is 10.9 Å². The molecule has 1 amide bonds. The van der Waals surface area contributed by atoms with E-state index in [0.717, 1.165) is 10.4 Å². The molecule has 1 aromatic heterocycles. The Labute approximate surface area is 170 Å². The summed E-state index contributed by atoms with van der Waals surface area (Å²) in [5.74, 6) is -0.247. The van der Waals surface area contributed by atoms with Crippen LogP contribution in [0, 0.1) is 12.1 Å². The number of quaternary nitrogens is 1. The average molecular weight is 422 g/mol. The standard InChI is InChI=1S/C16H19N7O3S2/c1-9-14(28-16(18-9)22-19-10(2)24)13(20-21-15(17)27)8-5-11-3-6-12(7-4-11)23(25)26/h3-8,23,25H,1-2H3,(H,18,22)(H,19,24)(H3,17,21,27)/b8-5+,20-13-. The number of amides is 1. The predicted octanol–water partition coefficient (Wildman–Crippen LogP) is 0.569. The van der Waals surface area contributed by atoms with Crippen molar-refractivity contribution in [1.29, 1.82) is 0 Å². The Bertz CT molecular complexity index is 907. The monoisotopic (exact) mass is 421 g/mol. The zero-order valence-electron chi connectivity index (χ0n) is 15.0. The topological polar surface area (TPSA) is 152 Å². The van der Waals surface area contributed by atoms with E-state index in [-0.39, 0.29) is 16.7 Å². The summed E-state index contributed by atoms with van der Waals surface area (Å²) in [6, 6.07) is 6.39. The summed E-state index contributed by atoms with van der Waals surface area (Å²) in [4.78, 5) is 16.1. The molecule has 0 radical (unpaired) electrons. The fraction of sp³-hybridized carbons (Fsp3) is 0.125. The molecule has 1 heterocycles. The van der Waals surface area contributed by atoms with E-state index in [4.69, 9.17) is 23.2 Å². The van der Waals surface area contributed by atoms with Gasteiger partial charge in [-0.2, -0.15) is 10.3 Å². The lowest BCUT2D eigenvalue weighted by atomic mass is 10.1. The van der Waals surface area contributed by atoms with Crippen LogP contribution in [0.1, 0.15) is 23.1 Å². The van der Waals surface area contributed by atoms with Crippen molar-refractivity contribution in [3.63, 3.8) is 0 Å². The molecule has 0 spiro atoms. The first-order chi connectivity index (χ1) is 13.3. The van der Waals surface area contributed by atoms with Crippen molar-refractivity contribution in [2.24, 2.45) is 10.8 Å². The first-order valence-electron chi connectivity index (χ1n) is 7.91. The van der Waals surface area contributed by atoms with Gasteiger partial charge in [-0.25, -0.2) is 10.2 Å². The summed E-state index contributed by atoms with van der Waals surface area (Å²) in [7, 11) is 0. The van der Waals surface area contributed by atoms with Gasteiger partial charge in [-0.3, -0.25) is 21.1 Å². The van der Waals surface area contributed by atoms with Crippen molar-refractivity contribution in [2.75, 3.05) is 5.43 Å². The number of nitrogens with one attached hydrogen (secondary N) is 4. The van der Waals surface area contributed by atoms with Gasteiger partial charge in [-0.05, 0) is 42.9 Å². The number of hydrazine groups is 1. The van der Waals surface area contributed by atoms with Crippen LogP contribution in [-0.2, 0) is 4.79 Å². The zero-order chi connectivity index (χ0) is 20.7. The van der Waals surface area contributed by atoms with Crippen LogP contribution in [0.5, 0.6) is 0 Å². The fourth-order valence-corrected chi connectivity index (χ4v) is 2.96. The second kappa shape index (κ2) is 9.87. The second-order valence-electron chi connectivity index (χ2n) is 5.47. The second-order valence-corrected chi connectivity index (χ2v) is 6.91. The summed E-state index contributed by atoms with van der Waals surface area (Å²) in [5, 5.41) is 23.6. The number of thiazole rings is 1. The number of allylic oxidation sites excluding steroid dienone is 1. The Balaban J connectivity index is 2.28. The number of hydrogen-bond donors (Lipinski definition) is 6. The van der Waals surface area contributed by atoms with E-state index in [9.17, 15) is 10.0 Å². The molecular formula is C16H19N7O3S2. The number of nitrogens with zero attached hydrogens (tertiary/aromatic N) is 2. The lowest BCUT2D eigenvalue weighted by Gasteiger charge is -2.10. The number of rotatable bonds is 7. The molecule has 2 rings (SSSR count). The zero-order valence-corrected chi connectivity index (χ0v) is 16.6. The van der Waals surface area contributed by atoms with E-state index in [0.29, 0.717) is 16.5 Å². The summed E-state index contributed by atoms with van der Waals surface area (Å²) < 4.78 is 0. The molecule has 10 nitrogen and oxygen atoms in total. The Morgan fingerprint density at radius 3 is 2.68 bits per heavy atom. The third-order valence-corrected chi connectivity index (χ3v) is 4.44. The largest absolute Gasteiger partial charge is 0.595 e. The van der Waals surface area contributed by atoms with Crippen LogP contribution < -0.4 is 27.2 Å². The number of aromatic nitrogens is 1. The Morgan fingerprint density at radius 1 is 1.43 bits per heavy atom. The van der Waals surface area contributed by atoms with Crippen molar-refractivity contribution in [1.82, 2.24) is 15.8 Å². The van der Waals surface area contributed by atoms with Crippen LogP contribution in [-0.4, -0.2) is 26.9 Å². The van der Waals surface area contributed by atoms with Gasteiger partial charge in [-0.1, -0.05) is 17.4 Å². The van der Waals surface area contributed by atoms with E-state index in [2.05, 4.69) is 26.4 Å². The van der Waals surface area contributed by atoms with Gasteiger partial charge in [0.15, 0.2) is 10.8 Å². The number of anilines is 1. The molecule has 0 aliphatic carbocycles. The van der Waals surface area contributed by atoms with E-state index < -0.39 is 5.23 Å². The number of aryl methyl sites for hydroxylation is 1. The average Bonchev–Trinajstić information content (AvgIpc) is 3.01. The molecular weight excluding hydrogens is 402 g/mol. The van der Waals surface area contributed by atoms with Crippen molar-refractivity contribution in [3.05, 3.63) is 51.7 Å². The van der Waals surface area contributed by atoms with Crippen LogP contribution in [0.4, 0.5) is 10.8 Å². The molecule has 0 bridgehead atoms. The Kier molecular flexibility index (Phi) is 7.54. The molecule has 0 saturated heterocycles. The van der Waals surface area contributed by atoms with Crippen molar-refractivity contribution in [2.45, 2.75) is 13.8 Å². The molecule has 1 unspecified atom stereocenters. The predicted molar refractivity (Wildman–Crippen MR) is 112 cm³/mol. The van der Waals surface area contributed by atoms with Crippen LogP contribution in [0.3, 0.4) is 0 Å². The van der Waals surface area contributed by atoms with Gasteiger partial charge in [0.25, 0.3) is 0 Å². The minimum Gasteiger partial charge on any atom is -0.595 e. The lowest BCUT2D eigenvalue weighted by Crippen LogP contribution is -2.99. The smallest absolute Gasteiger partial charge is 0.235 e. The summed E-state index contributed by atoms with van der Waals surface area (Å²) in [6.07, 6.45) is 3.50. The molecule has 28 heavy (non-hydrogen) atoms. The number of benzene rings is 1. The van der Waals surface area contributed by atoms with E-state index in [1.807, 2.05) is 0 Å². The number of nitrogens with two attached hydrogens (primary N) is 1. The van der Waals surface area contributed by atoms with Gasteiger partial charge in [0.05, 0.1) is 10.6 Å². The molecule has 0 saturated carbocycles. The summed E-state index contributed by atoms with van der Waals surface area (Å²) >= 11 is 6.08. The molecule has 2 aromatic rings. The quantitative estimate of drug-likeness (QED) is 0.216. The third-order valence-electron chi connectivity index (χ3n) is 3.25. The van der Waals surface area contributed by atoms with Gasteiger partial charge in [0.2, 0.25) is 11.0 Å². The SMILES string of the molecule is CC(=O)NNc1nc(C)c(C(/C=C/c2ccc([NH+]([O-])O)cc2)=N\NC(N)=S)s1. The van der Waals surface area contributed by atoms with Gasteiger partial charge >= 0.3 is 0 Å². The number of hydrogen-bond acceptors (Lipinski definition) is 8. The first kappa shape index (κ1) is 21.4. The van der Waals surface area contributed by atoms with Gasteiger partial charge in [0, 0.05) is 19.1 Å². The number of thiocarbonyl (C=S) groups is 1. The normalized spacial score (nSPS) is 12.6. The minimum atomic E-state index is -0.988. The molecule has 148 valence electrons. The number of carbonyl (C=O) groups excluding carboxylic acids is 1. The number of hydrazone groups is 1. The van der Waals surface area contributed by atoms with Crippen molar-refractivity contribution in [3.8, 4) is 0 Å². The van der Waals surface area contributed by atoms with Crippen LogP contribution in [0.25, 0.3) is 6.08 Å². The fourth-order valence-electron chi connectivity index (χ4n) is 2.02. The molecule has 0 fully saturated rings. The van der Waals surface area contributed by atoms with Crippen LogP contribution >= 0.6 is 23.6 Å². The van der Waals surface area contributed by atoms with Crippen molar-refractivity contribution >= 4 is 57.2 Å². The molecule has 12 heteroatoms. The first-order valence-corrected chi connectivity index (χ1v) is 9.13. The molecule has 0 aliphatic heterocycles. The highest BCUT2D eigenvalue weighted by atomic mass is 32.1. The van der Waals surface area contributed by atoms with Gasteiger partial charge in [0.1, 0.15) is 5.71 Å². The highest BCUT2D eigenvalue weighted by Gasteiger charge is 2.12. The maximum absolute atomic E-state index is 11.0. The molecule has 1 aromatic carbocycles. The lowest BCUT2D eigenvalue weighted by molar-refractivity contribution is -0.991. The molecule has 7 N–H and O–H groups in total. The minimum absolute atomic E-state index is 0.00970. The van der Waals surface area contributed by atoms with Crippen molar-refractivity contribution < 1.29 is 15.2 Å².